The number of rotatable bonds is 8. The Morgan fingerprint density at radius 2 is 2.12 bits per heavy atom. The molecule has 2 unspecified atom stereocenters. The molecular weight excluding hydrogens is 326 g/mol. The molecule has 146 valence electrons. The molecule has 0 aromatic carbocycles. The maximum Gasteiger partial charge on any atom is 0.191 e. The van der Waals surface area contributed by atoms with Gasteiger partial charge in [0.1, 0.15) is 5.76 Å². The summed E-state index contributed by atoms with van der Waals surface area (Å²) >= 11 is 0. The monoisotopic (exact) mass is 361 g/mol. The normalized spacial score (nSPS) is 23.5. The largest absolute Gasteiger partial charge is 0.468 e. The van der Waals surface area contributed by atoms with Crippen molar-refractivity contribution in [3.63, 3.8) is 0 Å². The molecule has 6 heteroatoms. The van der Waals surface area contributed by atoms with Gasteiger partial charge in [-0.15, -0.1) is 0 Å². The van der Waals surface area contributed by atoms with Crippen molar-refractivity contribution in [3.8, 4) is 0 Å². The summed E-state index contributed by atoms with van der Waals surface area (Å²) in [5.74, 6) is 2.68. The zero-order chi connectivity index (χ0) is 18.2. The molecule has 6 nitrogen and oxygen atoms in total. The third-order valence-corrected chi connectivity index (χ3v) is 5.59. The highest BCUT2D eigenvalue weighted by atomic mass is 16.3. The summed E-state index contributed by atoms with van der Waals surface area (Å²) in [6, 6.07) is 4.30. The molecule has 2 atom stereocenters. The summed E-state index contributed by atoms with van der Waals surface area (Å²) in [6.45, 7) is 12.8. The molecule has 0 spiro atoms. The molecule has 3 heterocycles. The molecule has 0 bridgehead atoms. The van der Waals surface area contributed by atoms with Gasteiger partial charge in [-0.2, -0.15) is 0 Å². The van der Waals surface area contributed by atoms with Crippen LogP contribution in [-0.4, -0.2) is 68.1 Å². The summed E-state index contributed by atoms with van der Waals surface area (Å²) in [4.78, 5) is 9.92. The van der Waals surface area contributed by atoms with E-state index < -0.39 is 0 Å². The van der Waals surface area contributed by atoms with E-state index in [1.54, 1.807) is 6.26 Å². The minimum atomic E-state index is 0.241. The Morgan fingerprint density at radius 1 is 1.27 bits per heavy atom. The van der Waals surface area contributed by atoms with Crippen LogP contribution in [0.15, 0.2) is 27.8 Å². The lowest BCUT2D eigenvalue weighted by Gasteiger charge is -2.25. The predicted molar refractivity (Wildman–Crippen MR) is 106 cm³/mol. The van der Waals surface area contributed by atoms with E-state index in [-0.39, 0.29) is 6.04 Å². The molecule has 2 aliphatic rings. The van der Waals surface area contributed by atoms with E-state index >= 15 is 0 Å². The van der Waals surface area contributed by atoms with Gasteiger partial charge in [-0.1, -0.05) is 6.92 Å². The Bertz CT molecular complexity index is 538. The van der Waals surface area contributed by atoms with Gasteiger partial charge in [0.25, 0.3) is 0 Å². The molecule has 2 aliphatic heterocycles. The molecule has 26 heavy (non-hydrogen) atoms. The Balaban J connectivity index is 1.57. The summed E-state index contributed by atoms with van der Waals surface area (Å²) in [5, 5.41) is 6.96. The van der Waals surface area contributed by atoms with E-state index in [0.717, 1.165) is 56.9 Å². The fourth-order valence-corrected chi connectivity index (χ4v) is 4.05. The van der Waals surface area contributed by atoms with Gasteiger partial charge in [0, 0.05) is 19.6 Å². The maximum atomic E-state index is 5.71. The van der Waals surface area contributed by atoms with E-state index in [1.807, 2.05) is 6.07 Å². The summed E-state index contributed by atoms with van der Waals surface area (Å²) in [5.41, 5.74) is 0. The van der Waals surface area contributed by atoms with Crippen molar-refractivity contribution < 1.29 is 4.42 Å². The van der Waals surface area contributed by atoms with Crippen molar-refractivity contribution in [2.45, 2.75) is 39.2 Å². The van der Waals surface area contributed by atoms with E-state index in [2.05, 4.69) is 40.3 Å². The molecule has 2 fully saturated rings. The molecule has 0 aliphatic carbocycles. The zero-order valence-electron chi connectivity index (χ0n) is 16.4. The zero-order valence-corrected chi connectivity index (χ0v) is 16.4. The smallest absolute Gasteiger partial charge is 0.191 e. The number of nitrogens with zero attached hydrogens (tertiary/aromatic N) is 3. The number of guanidine groups is 1. The molecule has 0 saturated carbocycles. The van der Waals surface area contributed by atoms with Crippen LogP contribution in [0.5, 0.6) is 0 Å². The number of hydrogen-bond donors (Lipinski definition) is 2. The third kappa shape index (κ3) is 5.24. The molecule has 2 N–H and O–H groups in total. The molecule has 2 saturated heterocycles. The first-order valence-electron chi connectivity index (χ1n) is 10.3. The average Bonchev–Trinajstić information content (AvgIpc) is 3.42. The summed E-state index contributed by atoms with van der Waals surface area (Å²) < 4.78 is 5.71. The maximum absolute atomic E-state index is 5.71. The van der Waals surface area contributed by atoms with Crippen LogP contribution in [0.25, 0.3) is 0 Å². The van der Waals surface area contributed by atoms with Crippen molar-refractivity contribution in [2.75, 3.05) is 52.4 Å². The topological polar surface area (TPSA) is 56.0 Å². The van der Waals surface area contributed by atoms with Gasteiger partial charge in [0.2, 0.25) is 0 Å². The SMILES string of the molecule is CCNC(=NCC(c1ccco1)N1CCCC1)NCC1CCN(CC)C1. The van der Waals surface area contributed by atoms with Gasteiger partial charge in [0.05, 0.1) is 18.8 Å². The predicted octanol–water partition coefficient (Wildman–Crippen LogP) is 2.31. The van der Waals surface area contributed by atoms with Crippen molar-refractivity contribution in [3.05, 3.63) is 24.2 Å². The number of aliphatic imine (C=N–C) groups is 1. The van der Waals surface area contributed by atoms with Gasteiger partial charge in [0.15, 0.2) is 5.96 Å². The number of likely N-dealkylation sites (tertiary alicyclic amines) is 2. The fourth-order valence-electron chi connectivity index (χ4n) is 4.05. The first-order chi connectivity index (χ1) is 12.8. The Morgan fingerprint density at radius 3 is 2.77 bits per heavy atom. The van der Waals surface area contributed by atoms with Crippen LogP contribution in [0.1, 0.15) is 44.9 Å². The van der Waals surface area contributed by atoms with Crippen LogP contribution < -0.4 is 10.6 Å². The lowest BCUT2D eigenvalue weighted by atomic mass is 10.1. The average molecular weight is 362 g/mol. The van der Waals surface area contributed by atoms with Crippen molar-refractivity contribution in [1.82, 2.24) is 20.4 Å². The second-order valence-electron chi connectivity index (χ2n) is 7.42. The van der Waals surface area contributed by atoms with Crippen LogP contribution in [0.3, 0.4) is 0 Å². The number of furan rings is 1. The van der Waals surface area contributed by atoms with E-state index in [4.69, 9.17) is 9.41 Å². The first kappa shape index (κ1) is 19.2. The van der Waals surface area contributed by atoms with Gasteiger partial charge < -0.3 is 20.0 Å². The van der Waals surface area contributed by atoms with Crippen LogP contribution >= 0.6 is 0 Å². The molecule has 0 radical (unpaired) electrons. The Kier molecular flexibility index (Phi) is 7.38. The molecular formula is C20H35N5O. The van der Waals surface area contributed by atoms with E-state index in [1.165, 1.54) is 32.4 Å². The summed E-state index contributed by atoms with van der Waals surface area (Å²) in [6.07, 6.45) is 5.60. The fraction of sp³-hybridized carbons (Fsp3) is 0.750. The lowest BCUT2D eigenvalue weighted by molar-refractivity contribution is 0.221. The highest BCUT2D eigenvalue weighted by Gasteiger charge is 2.25. The molecule has 3 rings (SSSR count). The van der Waals surface area contributed by atoms with Crippen LogP contribution in [0, 0.1) is 5.92 Å². The second-order valence-corrected chi connectivity index (χ2v) is 7.42. The van der Waals surface area contributed by atoms with Crippen molar-refractivity contribution in [2.24, 2.45) is 10.9 Å². The van der Waals surface area contributed by atoms with Gasteiger partial charge >= 0.3 is 0 Å². The third-order valence-electron chi connectivity index (χ3n) is 5.59. The van der Waals surface area contributed by atoms with Gasteiger partial charge in [-0.25, -0.2) is 0 Å². The number of nitrogens with one attached hydrogen (secondary N) is 2. The second kappa shape index (κ2) is 9.97. The van der Waals surface area contributed by atoms with Crippen molar-refractivity contribution >= 4 is 5.96 Å². The van der Waals surface area contributed by atoms with E-state index in [9.17, 15) is 0 Å². The number of hydrogen-bond acceptors (Lipinski definition) is 4. The first-order valence-corrected chi connectivity index (χ1v) is 10.3. The van der Waals surface area contributed by atoms with Crippen LogP contribution in [0.2, 0.25) is 0 Å². The van der Waals surface area contributed by atoms with Crippen molar-refractivity contribution in [1.29, 1.82) is 0 Å². The Hall–Kier alpha value is -1.53. The molecule has 0 amide bonds. The lowest BCUT2D eigenvalue weighted by Crippen LogP contribution is -2.41. The molecule has 1 aromatic heterocycles. The van der Waals surface area contributed by atoms with E-state index in [0.29, 0.717) is 0 Å². The highest BCUT2D eigenvalue weighted by Crippen LogP contribution is 2.25. The highest BCUT2D eigenvalue weighted by molar-refractivity contribution is 5.79. The minimum absolute atomic E-state index is 0.241. The van der Waals surface area contributed by atoms with Gasteiger partial charge in [-0.3, -0.25) is 9.89 Å². The quantitative estimate of drug-likeness (QED) is 0.550. The van der Waals surface area contributed by atoms with Crippen LogP contribution in [-0.2, 0) is 0 Å². The Labute approximate surface area is 158 Å². The standard InChI is InChI=1S/C20H35N5O/c1-3-21-20(22-14-17-9-12-24(4-2)16-17)23-15-18(19-8-7-13-26-19)25-10-5-6-11-25/h7-8,13,17-18H,3-6,9-12,14-16H2,1-2H3,(H2,21,22,23). The summed E-state index contributed by atoms with van der Waals surface area (Å²) in [7, 11) is 0. The minimum Gasteiger partial charge on any atom is -0.468 e. The van der Waals surface area contributed by atoms with Crippen LogP contribution in [0.4, 0.5) is 0 Å². The molecule has 1 aromatic rings. The van der Waals surface area contributed by atoms with Gasteiger partial charge in [-0.05, 0) is 70.4 Å².